The predicted molar refractivity (Wildman–Crippen MR) is 73.8 cm³/mol. The van der Waals surface area contributed by atoms with E-state index in [1.165, 1.54) is 0 Å². The molecule has 0 aromatic carbocycles. The Balaban J connectivity index is 2.15. The summed E-state index contributed by atoms with van der Waals surface area (Å²) in [6, 6.07) is 3.65. The van der Waals surface area contributed by atoms with Crippen molar-refractivity contribution >= 4 is 11.6 Å². The standard InChI is InChI=1S/C15H19ClF3N/c1-10(11-6-8-20-9-7-11)14(16)12-4-2-3-5-13(12)15(17,18)19/h6-10,12-14H,2-5H2,1H3. The van der Waals surface area contributed by atoms with Crippen LogP contribution >= 0.6 is 11.6 Å². The van der Waals surface area contributed by atoms with Crippen LogP contribution in [0.3, 0.4) is 0 Å². The van der Waals surface area contributed by atoms with Gasteiger partial charge in [0.15, 0.2) is 0 Å². The summed E-state index contributed by atoms with van der Waals surface area (Å²) in [7, 11) is 0. The molecule has 1 aromatic rings. The van der Waals surface area contributed by atoms with Crippen molar-refractivity contribution in [2.75, 3.05) is 0 Å². The lowest BCUT2D eigenvalue weighted by atomic mass is 9.73. The van der Waals surface area contributed by atoms with Crippen molar-refractivity contribution in [1.82, 2.24) is 4.98 Å². The van der Waals surface area contributed by atoms with E-state index in [1.54, 1.807) is 12.4 Å². The van der Waals surface area contributed by atoms with Gasteiger partial charge in [-0.25, -0.2) is 0 Å². The Kier molecular flexibility index (Phi) is 4.95. The topological polar surface area (TPSA) is 12.9 Å². The van der Waals surface area contributed by atoms with Crippen LogP contribution in [0.4, 0.5) is 13.2 Å². The SMILES string of the molecule is CC(c1ccncc1)C(Cl)C1CCCCC1C(F)(F)F. The quantitative estimate of drug-likeness (QED) is 0.703. The summed E-state index contributed by atoms with van der Waals surface area (Å²) >= 11 is 6.43. The molecule has 112 valence electrons. The molecule has 1 nitrogen and oxygen atoms in total. The fourth-order valence-corrected chi connectivity index (χ4v) is 3.62. The lowest BCUT2D eigenvalue weighted by Crippen LogP contribution is -2.39. The zero-order valence-corrected chi connectivity index (χ0v) is 12.2. The third-order valence-electron chi connectivity index (χ3n) is 4.36. The van der Waals surface area contributed by atoms with Crippen LogP contribution < -0.4 is 0 Å². The predicted octanol–water partition coefficient (Wildman–Crippen LogP) is 5.16. The molecule has 0 radical (unpaired) electrons. The first-order valence-electron chi connectivity index (χ1n) is 7.02. The molecule has 1 fully saturated rings. The van der Waals surface area contributed by atoms with Crippen molar-refractivity contribution in [3.8, 4) is 0 Å². The molecule has 1 aromatic heterocycles. The van der Waals surface area contributed by atoms with Gasteiger partial charge in [0.05, 0.1) is 5.92 Å². The molecule has 0 N–H and O–H groups in total. The van der Waals surface area contributed by atoms with Gasteiger partial charge in [-0.1, -0.05) is 19.8 Å². The summed E-state index contributed by atoms with van der Waals surface area (Å²) in [5.41, 5.74) is 0.950. The monoisotopic (exact) mass is 305 g/mol. The second-order valence-electron chi connectivity index (χ2n) is 5.61. The average Bonchev–Trinajstić information content (AvgIpc) is 2.46. The number of hydrogen-bond donors (Lipinski definition) is 0. The largest absolute Gasteiger partial charge is 0.392 e. The zero-order chi connectivity index (χ0) is 14.8. The molecule has 20 heavy (non-hydrogen) atoms. The molecule has 1 heterocycles. The van der Waals surface area contributed by atoms with Crippen LogP contribution in [0.5, 0.6) is 0 Å². The average molecular weight is 306 g/mol. The number of pyridine rings is 1. The van der Waals surface area contributed by atoms with E-state index in [4.69, 9.17) is 11.6 Å². The summed E-state index contributed by atoms with van der Waals surface area (Å²) in [4.78, 5) is 3.93. The fourth-order valence-electron chi connectivity index (χ4n) is 3.17. The van der Waals surface area contributed by atoms with Crippen LogP contribution in [-0.4, -0.2) is 16.5 Å². The molecule has 1 aliphatic rings. The van der Waals surface area contributed by atoms with E-state index in [0.717, 1.165) is 12.0 Å². The second-order valence-corrected chi connectivity index (χ2v) is 6.11. The van der Waals surface area contributed by atoms with Crippen molar-refractivity contribution in [2.45, 2.75) is 50.1 Å². The smallest absolute Gasteiger partial charge is 0.265 e. The highest BCUT2D eigenvalue weighted by Crippen LogP contribution is 2.46. The molecule has 2 rings (SSSR count). The number of nitrogens with zero attached hydrogens (tertiary/aromatic N) is 1. The van der Waals surface area contributed by atoms with Gasteiger partial charge in [-0.05, 0) is 42.4 Å². The van der Waals surface area contributed by atoms with E-state index in [9.17, 15) is 13.2 Å². The molecule has 1 aliphatic carbocycles. The number of alkyl halides is 4. The molecule has 4 atom stereocenters. The highest BCUT2D eigenvalue weighted by atomic mass is 35.5. The summed E-state index contributed by atoms with van der Waals surface area (Å²) in [5.74, 6) is -1.86. The van der Waals surface area contributed by atoms with Crippen LogP contribution in [0.1, 0.15) is 44.1 Å². The maximum absolute atomic E-state index is 13.1. The van der Waals surface area contributed by atoms with Gasteiger partial charge in [-0.3, -0.25) is 4.98 Å². The minimum Gasteiger partial charge on any atom is -0.265 e. The molecular weight excluding hydrogens is 287 g/mol. The second kappa shape index (κ2) is 6.33. The van der Waals surface area contributed by atoms with Gasteiger partial charge in [0, 0.05) is 17.8 Å². The van der Waals surface area contributed by atoms with Crippen molar-refractivity contribution in [3.05, 3.63) is 30.1 Å². The number of rotatable bonds is 3. The first-order valence-corrected chi connectivity index (χ1v) is 7.45. The van der Waals surface area contributed by atoms with E-state index >= 15 is 0 Å². The first kappa shape index (κ1) is 15.6. The molecule has 1 saturated carbocycles. The van der Waals surface area contributed by atoms with E-state index in [1.807, 2.05) is 19.1 Å². The third kappa shape index (κ3) is 3.46. The minimum atomic E-state index is -4.14. The Labute approximate surface area is 122 Å². The van der Waals surface area contributed by atoms with Gasteiger partial charge in [0.1, 0.15) is 0 Å². The minimum absolute atomic E-state index is 0.104. The Morgan fingerprint density at radius 2 is 1.80 bits per heavy atom. The summed E-state index contributed by atoms with van der Waals surface area (Å²) < 4.78 is 39.4. The van der Waals surface area contributed by atoms with E-state index in [-0.39, 0.29) is 12.3 Å². The molecule has 0 aliphatic heterocycles. The maximum Gasteiger partial charge on any atom is 0.392 e. The zero-order valence-electron chi connectivity index (χ0n) is 11.4. The Hall–Kier alpha value is -0.770. The Bertz CT molecular complexity index is 421. The molecule has 5 heteroatoms. The Morgan fingerprint density at radius 3 is 2.40 bits per heavy atom. The van der Waals surface area contributed by atoms with Crippen LogP contribution in [0.2, 0.25) is 0 Å². The van der Waals surface area contributed by atoms with E-state index < -0.39 is 23.4 Å². The normalized spacial score (nSPS) is 27.1. The van der Waals surface area contributed by atoms with Gasteiger partial charge in [0.2, 0.25) is 0 Å². The molecular formula is C15H19ClF3N. The number of hydrogen-bond acceptors (Lipinski definition) is 1. The lowest BCUT2D eigenvalue weighted by Gasteiger charge is -2.38. The number of halogens is 4. The van der Waals surface area contributed by atoms with Gasteiger partial charge in [0.25, 0.3) is 0 Å². The summed E-state index contributed by atoms with van der Waals surface area (Å²) in [6.45, 7) is 1.90. The van der Waals surface area contributed by atoms with Crippen molar-refractivity contribution in [3.63, 3.8) is 0 Å². The van der Waals surface area contributed by atoms with Crippen LogP contribution in [-0.2, 0) is 0 Å². The molecule has 0 amide bonds. The third-order valence-corrected chi connectivity index (χ3v) is 5.06. The van der Waals surface area contributed by atoms with Crippen LogP contribution in [0.25, 0.3) is 0 Å². The van der Waals surface area contributed by atoms with Crippen LogP contribution in [0, 0.1) is 11.8 Å². The lowest BCUT2D eigenvalue weighted by molar-refractivity contribution is -0.196. The molecule has 0 spiro atoms. The van der Waals surface area contributed by atoms with Gasteiger partial charge in [-0.15, -0.1) is 11.6 Å². The fraction of sp³-hybridized carbons (Fsp3) is 0.667. The van der Waals surface area contributed by atoms with Crippen LogP contribution in [0.15, 0.2) is 24.5 Å². The van der Waals surface area contributed by atoms with Gasteiger partial charge < -0.3 is 0 Å². The summed E-state index contributed by atoms with van der Waals surface area (Å²) in [5, 5.41) is -0.496. The van der Waals surface area contributed by atoms with Crippen molar-refractivity contribution in [1.29, 1.82) is 0 Å². The van der Waals surface area contributed by atoms with Gasteiger partial charge in [-0.2, -0.15) is 13.2 Å². The van der Waals surface area contributed by atoms with Crippen molar-refractivity contribution in [2.24, 2.45) is 11.8 Å². The van der Waals surface area contributed by atoms with E-state index in [0.29, 0.717) is 12.8 Å². The molecule has 0 saturated heterocycles. The molecule has 0 bridgehead atoms. The van der Waals surface area contributed by atoms with Gasteiger partial charge >= 0.3 is 6.18 Å². The first-order chi connectivity index (χ1) is 9.41. The highest BCUT2D eigenvalue weighted by Gasteiger charge is 2.48. The number of aromatic nitrogens is 1. The molecule has 4 unspecified atom stereocenters. The maximum atomic E-state index is 13.1. The summed E-state index contributed by atoms with van der Waals surface area (Å²) in [6.07, 6.45) is 1.41. The van der Waals surface area contributed by atoms with E-state index in [2.05, 4.69) is 4.98 Å². The Morgan fingerprint density at radius 1 is 1.20 bits per heavy atom. The van der Waals surface area contributed by atoms with Crippen molar-refractivity contribution < 1.29 is 13.2 Å². The highest BCUT2D eigenvalue weighted by molar-refractivity contribution is 6.21.